The summed E-state index contributed by atoms with van der Waals surface area (Å²) in [5.41, 5.74) is 7.65. The van der Waals surface area contributed by atoms with E-state index in [1.54, 1.807) is 30.5 Å². The van der Waals surface area contributed by atoms with Crippen molar-refractivity contribution in [2.24, 2.45) is 0 Å². The van der Waals surface area contributed by atoms with Gasteiger partial charge in [0.25, 0.3) is 0 Å². The molecule has 150 valence electrons. The van der Waals surface area contributed by atoms with Crippen LogP contribution in [0.25, 0.3) is 22.2 Å². The second-order valence-corrected chi connectivity index (χ2v) is 6.63. The number of rotatable bonds is 5. The van der Waals surface area contributed by atoms with Crippen molar-refractivity contribution in [1.29, 1.82) is 0 Å². The average Bonchev–Trinajstić information content (AvgIpc) is 2.73. The Morgan fingerprint density at radius 2 is 1.90 bits per heavy atom. The molecule has 2 aromatic heterocycles. The van der Waals surface area contributed by atoms with Gasteiger partial charge in [-0.15, -0.1) is 0 Å². The van der Waals surface area contributed by atoms with Gasteiger partial charge in [0.15, 0.2) is 0 Å². The first-order valence-electron chi connectivity index (χ1n) is 8.99. The summed E-state index contributed by atoms with van der Waals surface area (Å²) >= 11 is 0. The van der Waals surface area contributed by atoms with Crippen LogP contribution >= 0.6 is 0 Å². The molecule has 4 rings (SSSR count). The van der Waals surface area contributed by atoms with Crippen LogP contribution in [0.5, 0.6) is 0 Å². The number of nitrogens with zero attached hydrogens (tertiary/aromatic N) is 2. The monoisotopic (exact) mass is 406 g/mol. The van der Waals surface area contributed by atoms with Gasteiger partial charge in [-0.3, -0.25) is 4.98 Å². The first-order valence-corrected chi connectivity index (χ1v) is 8.99. The number of anilines is 2. The van der Waals surface area contributed by atoms with Crippen LogP contribution in [0.2, 0.25) is 0 Å². The number of carbonyl (C=O) groups is 1. The van der Waals surface area contributed by atoms with Gasteiger partial charge in [0.2, 0.25) is 0 Å². The summed E-state index contributed by atoms with van der Waals surface area (Å²) < 4.78 is 28.4. The first-order chi connectivity index (χ1) is 14.4. The Hall–Kier alpha value is -4.07. The van der Waals surface area contributed by atoms with Crippen LogP contribution in [0.15, 0.2) is 60.8 Å². The number of carboxylic acid groups (broad SMARTS) is 1. The average molecular weight is 406 g/mol. The summed E-state index contributed by atoms with van der Waals surface area (Å²) in [6.45, 7) is 0.129. The third kappa shape index (κ3) is 3.75. The van der Waals surface area contributed by atoms with Crippen LogP contribution in [0.3, 0.4) is 0 Å². The van der Waals surface area contributed by atoms with Crippen LogP contribution in [0, 0.1) is 11.6 Å². The number of aromatic nitrogens is 2. The first kappa shape index (κ1) is 19.3. The molecule has 4 N–H and O–H groups in total. The molecule has 0 radical (unpaired) electrons. The molecule has 0 fully saturated rings. The van der Waals surface area contributed by atoms with E-state index in [-0.39, 0.29) is 6.54 Å². The van der Waals surface area contributed by atoms with E-state index in [2.05, 4.69) is 15.3 Å². The minimum absolute atomic E-state index is 0.129. The van der Waals surface area contributed by atoms with Gasteiger partial charge in [-0.25, -0.2) is 18.6 Å². The van der Waals surface area contributed by atoms with Crippen LogP contribution in [0.4, 0.5) is 20.3 Å². The molecule has 0 amide bonds. The molecular weight excluding hydrogens is 390 g/mol. The van der Waals surface area contributed by atoms with Crippen molar-refractivity contribution in [3.63, 3.8) is 0 Å². The van der Waals surface area contributed by atoms with E-state index in [4.69, 9.17) is 10.8 Å². The number of aromatic carboxylic acids is 1. The van der Waals surface area contributed by atoms with Crippen molar-refractivity contribution in [3.8, 4) is 11.3 Å². The number of benzene rings is 2. The lowest BCUT2D eigenvalue weighted by Crippen LogP contribution is -2.07. The predicted molar refractivity (Wildman–Crippen MR) is 110 cm³/mol. The molecule has 0 atom stereocenters. The molecule has 0 aliphatic heterocycles. The standard InChI is InChI=1S/C22H16F2N4O2/c23-16-10-20-12(2-1-7-26-20)8-14(16)11-27-21-18(25)5-6-19(28-21)13-3-4-15(22(29)30)17(24)9-13/h1-10H,11,25H2,(H,27,28)(H,29,30). The molecule has 2 aromatic carbocycles. The largest absolute Gasteiger partial charge is 0.478 e. The highest BCUT2D eigenvalue weighted by atomic mass is 19.1. The Bertz CT molecular complexity index is 1280. The molecule has 0 aliphatic carbocycles. The molecule has 0 unspecified atom stereocenters. The highest BCUT2D eigenvalue weighted by molar-refractivity contribution is 5.88. The number of fused-ring (bicyclic) bond motifs is 1. The van der Waals surface area contributed by atoms with Crippen molar-refractivity contribution >= 4 is 28.4 Å². The Balaban J connectivity index is 1.61. The number of nitrogen functional groups attached to an aromatic ring is 1. The van der Waals surface area contributed by atoms with Crippen LogP contribution < -0.4 is 11.1 Å². The highest BCUT2D eigenvalue weighted by Crippen LogP contribution is 2.26. The molecule has 0 spiro atoms. The highest BCUT2D eigenvalue weighted by Gasteiger charge is 2.13. The third-order valence-corrected chi connectivity index (χ3v) is 4.64. The minimum Gasteiger partial charge on any atom is -0.478 e. The van der Waals surface area contributed by atoms with Gasteiger partial charge >= 0.3 is 5.97 Å². The molecular formula is C22H16F2N4O2. The summed E-state index contributed by atoms with van der Waals surface area (Å²) in [4.78, 5) is 19.5. The van der Waals surface area contributed by atoms with Gasteiger partial charge in [0.1, 0.15) is 17.5 Å². The quantitative estimate of drug-likeness (QED) is 0.452. The summed E-state index contributed by atoms with van der Waals surface area (Å²) in [6.07, 6.45) is 1.60. The van der Waals surface area contributed by atoms with E-state index in [1.807, 2.05) is 6.07 Å². The topological polar surface area (TPSA) is 101 Å². The van der Waals surface area contributed by atoms with Crippen LogP contribution in [0.1, 0.15) is 15.9 Å². The summed E-state index contributed by atoms with van der Waals surface area (Å²) in [6, 6.07) is 13.6. The van der Waals surface area contributed by atoms with Gasteiger partial charge in [-0.05, 0) is 36.4 Å². The number of hydrogen-bond acceptors (Lipinski definition) is 5. The lowest BCUT2D eigenvalue weighted by molar-refractivity contribution is 0.0692. The lowest BCUT2D eigenvalue weighted by atomic mass is 10.1. The molecule has 4 aromatic rings. The number of nitrogens with one attached hydrogen (secondary N) is 1. The zero-order chi connectivity index (χ0) is 21.3. The Labute approximate surface area is 170 Å². The smallest absolute Gasteiger partial charge is 0.338 e. The van der Waals surface area contributed by atoms with Gasteiger partial charge in [-0.2, -0.15) is 0 Å². The molecule has 0 saturated carbocycles. The number of nitrogens with two attached hydrogens (primary N) is 1. The number of carboxylic acids is 1. The second kappa shape index (κ2) is 7.75. The molecule has 30 heavy (non-hydrogen) atoms. The summed E-state index contributed by atoms with van der Waals surface area (Å²) in [5, 5.41) is 12.8. The van der Waals surface area contributed by atoms with Crippen molar-refractivity contribution in [3.05, 3.63) is 83.6 Å². The fourth-order valence-electron chi connectivity index (χ4n) is 3.08. The summed E-state index contributed by atoms with van der Waals surface area (Å²) in [7, 11) is 0. The maximum Gasteiger partial charge on any atom is 0.338 e. The van der Waals surface area contributed by atoms with Gasteiger partial charge in [0, 0.05) is 35.3 Å². The minimum atomic E-state index is -1.35. The van der Waals surface area contributed by atoms with Gasteiger partial charge in [0.05, 0.1) is 22.5 Å². The maximum absolute atomic E-state index is 14.4. The SMILES string of the molecule is Nc1ccc(-c2ccc(C(=O)O)c(F)c2)nc1NCc1cc2cccnc2cc1F. The Kier molecular flexibility index (Phi) is 4.97. The van der Waals surface area contributed by atoms with E-state index in [0.717, 1.165) is 11.5 Å². The van der Waals surface area contributed by atoms with Crippen LogP contribution in [-0.4, -0.2) is 21.0 Å². The second-order valence-electron chi connectivity index (χ2n) is 6.63. The van der Waals surface area contributed by atoms with Crippen molar-refractivity contribution in [2.75, 3.05) is 11.1 Å². The molecule has 0 saturated heterocycles. The molecule has 6 nitrogen and oxygen atoms in total. The van der Waals surface area contributed by atoms with E-state index >= 15 is 0 Å². The van der Waals surface area contributed by atoms with Gasteiger partial charge in [-0.1, -0.05) is 12.1 Å². The predicted octanol–water partition coefficient (Wildman–Crippen LogP) is 4.47. The Morgan fingerprint density at radius 3 is 2.67 bits per heavy atom. The van der Waals surface area contributed by atoms with Gasteiger partial charge < -0.3 is 16.2 Å². The van der Waals surface area contributed by atoms with Crippen molar-refractivity contribution in [1.82, 2.24) is 9.97 Å². The zero-order valence-electron chi connectivity index (χ0n) is 15.6. The molecule has 0 bridgehead atoms. The van der Waals surface area contributed by atoms with Crippen molar-refractivity contribution < 1.29 is 18.7 Å². The summed E-state index contributed by atoms with van der Waals surface area (Å²) in [5.74, 6) is -2.31. The van der Waals surface area contributed by atoms with E-state index in [1.165, 1.54) is 18.2 Å². The van der Waals surface area contributed by atoms with Crippen molar-refractivity contribution in [2.45, 2.75) is 6.54 Å². The molecule has 8 heteroatoms. The van der Waals surface area contributed by atoms with E-state index < -0.39 is 23.2 Å². The maximum atomic E-state index is 14.4. The van der Waals surface area contributed by atoms with E-state index in [0.29, 0.717) is 33.8 Å². The molecule has 0 aliphatic rings. The third-order valence-electron chi connectivity index (χ3n) is 4.64. The number of pyridine rings is 2. The zero-order valence-corrected chi connectivity index (χ0v) is 15.6. The number of hydrogen-bond donors (Lipinski definition) is 3. The lowest BCUT2D eigenvalue weighted by Gasteiger charge is -2.12. The fourth-order valence-corrected chi connectivity index (χ4v) is 3.08. The van der Waals surface area contributed by atoms with E-state index in [9.17, 15) is 13.6 Å². The number of halogens is 2. The normalized spacial score (nSPS) is 10.9. The van der Waals surface area contributed by atoms with Crippen LogP contribution in [-0.2, 0) is 6.54 Å². The fraction of sp³-hybridized carbons (Fsp3) is 0.0455. The molecule has 2 heterocycles. The Morgan fingerprint density at radius 1 is 1.07 bits per heavy atom.